The van der Waals surface area contributed by atoms with Crippen LogP contribution in [0.1, 0.15) is 49.3 Å². The molecule has 2 aliphatic rings. The molecule has 1 aromatic heterocycles. The van der Waals surface area contributed by atoms with Gasteiger partial charge in [-0.1, -0.05) is 0 Å². The van der Waals surface area contributed by atoms with Gasteiger partial charge in [-0.3, -0.25) is 9.82 Å². The van der Waals surface area contributed by atoms with Crippen LogP contribution in [0.5, 0.6) is 0 Å². The number of hydrogen-bond donors (Lipinski definition) is 5. The van der Waals surface area contributed by atoms with Crippen LogP contribution in [0.2, 0.25) is 0 Å². The van der Waals surface area contributed by atoms with Gasteiger partial charge < -0.3 is 16.5 Å². The molecule has 1 fully saturated rings. The first-order chi connectivity index (χ1) is 14.6. The van der Waals surface area contributed by atoms with Crippen LogP contribution < -0.4 is 15.8 Å². The van der Waals surface area contributed by atoms with Crippen molar-refractivity contribution in [2.45, 2.75) is 49.5 Å². The van der Waals surface area contributed by atoms with Gasteiger partial charge in [-0.05, 0) is 68.2 Å². The quantitative estimate of drug-likeness (QED) is 0.220. The Morgan fingerprint density at radius 2 is 2.27 bits per heavy atom. The third-order valence-corrected chi connectivity index (χ3v) is 6.50. The molecule has 162 valence electrons. The molecule has 30 heavy (non-hydrogen) atoms. The van der Waals surface area contributed by atoms with Crippen molar-refractivity contribution in [1.82, 2.24) is 14.9 Å². The van der Waals surface area contributed by atoms with Crippen LogP contribution in [0.3, 0.4) is 0 Å². The van der Waals surface area contributed by atoms with Gasteiger partial charge >= 0.3 is 0 Å². The Bertz CT molecular complexity index is 900. The van der Waals surface area contributed by atoms with Gasteiger partial charge in [-0.15, -0.1) is 11.6 Å². The zero-order valence-corrected chi connectivity index (χ0v) is 18.5. The SMILES string of the molecule is CCl.N=C/C=C(\N)CCC1CCC(c2cc(Nc3ccc4c(c3F)CNS4)n[nH]2)C1. The first-order valence-electron chi connectivity index (χ1n) is 10.0. The van der Waals surface area contributed by atoms with E-state index in [4.69, 9.17) is 11.1 Å². The lowest BCUT2D eigenvalue weighted by Gasteiger charge is -2.10. The van der Waals surface area contributed by atoms with Crippen molar-refractivity contribution in [2.24, 2.45) is 11.7 Å². The average Bonchev–Trinajstić information content (AvgIpc) is 3.51. The lowest BCUT2D eigenvalue weighted by molar-refractivity contribution is 0.492. The van der Waals surface area contributed by atoms with E-state index < -0.39 is 0 Å². The Labute approximate surface area is 185 Å². The zero-order valence-electron chi connectivity index (χ0n) is 17.0. The predicted octanol–water partition coefficient (Wildman–Crippen LogP) is 5.41. The molecule has 0 radical (unpaired) electrons. The third-order valence-electron chi connectivity index (χ3n) is 5.61. The molecule has 1 saturated carbocycles. The minimum atomic E-state index is -0.212. The molecular weight excluding hydrogens is 423 g/mol. The highest BCUT2D eigenvalue weighted by Crippen LogP contribution is 2.40. The number of rotatable bonds is 7. The first kappa shape index (κ1) is 22.7. The maximum atomic E-state index is 14.6. The van der Waals surface area contributed by atoms with Crippen LogP contribution in [-0.2, 0) is 6.54 Å². The molecule has 0 bridgehead atoms. The normalized spacial score (nSPS) is 20.4. The fourth-order valence-electron chi connectivity index (χ4n) is 4.07. The maximum Gasteiger partial charge on any atom is 0.152 e. The highest BCUT2D eigenvalue weighted by atomic mass is 35.5. The Kier molecular flexibility index (Phi) is 8.18. The molecule has 1 aromatic carbocycles. The maximum absolute atomic E-state index is 14.6. The van der Waals surface area contributed by atoms with Gasteiger partial charge in [0, 0.05) is 53.0 Å². The van der Waals surface area contributed by atoms with Gasteiger partial charge in [-0.25, -0.2) is 4.39 Å². The van der Waals surface area contributed by atoms with Crippen LogP contribution in [-0.4, -0.2) is 22.8 Å². The van der Waals surface area contributed by atoms with Crippen LogP contribution >= 0.6 is 23.5 Å². The monoisotopic (exact) mass is 450 g/mol. The van der Waals surface area contributed by atoms with Crippen molar-refractivity contribution in [3.63, 3.8) is 0 Å². The number of anilines is 2. The highest BCUT2D eigenvalue weighted by Gasteiger charge is 2.27. The van der Waals surface area contributed by atoms with E-state index >= 15 is 0 Å². The van der Waals surface area contributed by atoms with Crippen molar-refractivity contribution >= 4 is 41.3 Å². The van der Waals surface area contributed by atoms with E-state index in [0.717, 1.165) is 42.0 Å². The molecule has 0 amide bonds. The number of aromatic amines is 1. The number of hydrogen-bond acceptors (Lipinski definition) is 6. The van der Waals surface area contributed by atoms with E-state index in [0.29, 0.717) is 35.4 Å². The number of benzene rings is 1. The fraction of sp³-hybridized carbons (Fsp3) is 0.429. The van der Waals surface area contributed by atoms with Crippen molar-refractivity contribution in [2.75, 3.05) is 11.7 Å². The van der Waals surface area contributed by atoms with E-state index in [1.807, 2.05) is 12.1 Å². The minimum absolute atomic E-state index is 0.212. The molecule has 9 heteroatoms. The number of nitrogens with two attached hydrogens (primary N) is 1. The minimum Gasteiger partial charge on any atom is -0.402 e. The molecule has 4 rings (SSSR count). The number of H-pyrrole nitrogens is 1. The number of allylic oxidation sites excluding steroid dienone is 2. The molecule has 2 atom stereocenters. The first-order valence-corrected chi connectivity index (χ1v) is 11.6. The zero-order chi connectivity index (χ0) is 21.5. The summed E-state index contributed by atoms with van der Waals surface area (Å²) in [7, 11) is 0. The van der Waals surface area contributed by atoms with Crippen molar-refractivity contribution in [3.05, 3.63) is 47.0 Å². The average molecular weight is 451 g/mol. The van der Waals surface area contributed by atoms with Crippen molar-refractivity contribution < 1.29 is 4.39 Å². The second kappa shape index (κ2) is 10.8. The molecule has 1 aliphatic heterocycles. The molecular formula is C21H28ClFN6S. The summed E-state index contributed by atoms with van der Waals surface area (Å²) in [5.74, 6) is 1.53. The summed E-state index contributed by atoms with van der Waals surface area (Å²) in [6, 6.07) is 5.69. The summed E-state index contributed by atoms with van der Waals surface area (Å²) >= 11 is 6.10. The molecule has 0 spiro atoms. The largest absolute Gasteiger partial charge is 0.402 e. The molecule has 6 N–H and O–H groups in total. The highest BCUT2D eigenvalue weighted by molar-refractivity contribution is 7.97. The number of fused-ring (bicyclic) bond motifs is 1. The second-order valence-corrected chi connectivity index (χ2v) is 8.42. The van der Waals surface area contributed by atoms with E-state index in [2.05, 4.69) is 31.8 Å². The summed E-state index contributed by atoms with van der Waals surface area (Å²) in [4.78, 5) is 0.943. The summed E-state index contributed by atoms with van der Waals surface area (Å²) in [6.07, 6.45) is 9.67. The third kappa shape index (κ3) is 5.36. The number of halogens is 2. The number of aromatic nitrogens is 2. The Morgan fingerprint density at radius 3 is 3.07 bits per heavy atom. The van der Waals surface area contributed by atoms with Gasteiger partial charge in [0.25, 0.3) is 0 Å². The Morgan fingerprint density at radius 1 is 1.43 bits per heavy atom. The molecule has 0 saturated heterocycles. The lowest BCUT2D eigenvalue weighted by atomic mass is 9.97. The Hall–Kier alpha value is -2.03. The van der Waals surface area contributed by atoms with Crippen LogP contribution in [0.4, 0.5) is 15.9 Å². The number of alkyl halides is 1. The smallest absolute Gasteiger partial charge is 0.152 e. The fourth-order valence-corrected chi connectivity index (χ4v) is 4.87. The van der Waals surface area contributed by atoms with E-state index in [1.165, 1.54) is 31.0 Å². The van der Waals surface area contributed by atoms with Gasteiger partial charge in [0.1, 0.15) is 0 Å². The summed E-state index contributed by atoms with van der Waals surface area (Å²) in [5.41, 5.74) is 8.92. The van der Waals surface area contributed by atoms with Crippen LogP contribution in [0, 0.1) is 17.1 Å². The van der Waals surface area contributed by atoms with E-state index in [1.54, 1.807) is 12.1 Å². The van der Waals surface area contributed by atoms with Crippen LogP contribution in [0.25, 0.3) is 0 Å². The predicted molar refractivity (Wildman–Crippen MR) is 123 cm³/mol. The molecule has 2 aromatic rings. The van der Waals surface area contributed by atoms with Gasteiger partial charge in [0.15, 0.2) is 11.6 Å². The van der Waals surface area contributed by atoms with Crippen molar-refractivity contribution in [1.29, 1.82) is 5.41 Å². The van der Waals surface area contributed by atoms with Gasteiger partial charge in [0.05, 0.1) is 5.69 Å². The summed E-state index contributed by atoms with van der Waals surface area (Å²) in [5, 5.41) is 17.6. The summed E-state index contributed by atoms with van der Waals surface area (Å²) in [6.45, 7) is 0.538. The van der Waals surface area contributed by atoms with Crippen molar-refractivity contribution in [3.8, 4) is 0 Å². The topological polar surface area (TPSA) is 103 Å². The van der Waals surface area contributed by atoms with E-state index in [9.17, 15) is 4.39 Å². The number of nitrogens with one attached hydrogen (secondary N) is 4. The van der Waals surface area contributed by atoms with Gasteiger partial charge in [-0.2, -0.15) is 5.10 Å². The molecule has 2 unspecified atom stereocenters. The Balaban J connectivity index is 0.00000124. The second-order valence-electron chi connectivity index (χ2n) is 7.48. The number of nitrogens with zero attached hydrogens (tertiary/aromatic N) is 1. The molecule has 6 nitrogen and oxygen atoms in total. The van der Waals surface area contributed by atoms with E-state index in [-0.39, 0.29) is 5.82 Å². The van der Waals surface area contributed by atoms with Crippen LogP contribution in [0.15, 0.2) is 34.9 Å². The lowest BCUT2D eigenvalue weighted by Crippen LogP contribution is -2.02. The standard InChI is InChI=1S/C20H25FN6S.CH3Cl/c21-20-15-11-24-28-18(15)6-5-16(20)25-19-10-17(26-27-19)13-3-1-12(9-13)2-4-14(23)7-8-22;1-2/h5-8,10,12-13,22,24H,1-4,9,11,23H2,(H2,25,26,27);1H3/b14-7-,22-8?;. The molecule has 1 aliphatic carbocycles. The molecule has 2 heterocycles. The van der Waals surface area contributed by atoms with Gasteiger partial charge in [0.2, 0.25) is 0 Å². The summed E-state index contributed by atoms with van der Waals surface area (Å²) < 4.78 is 17.7.